The van der Waals surface area contributed by atoms with E-state index in [0.717, 1.165) is 18.2 Å². The van der Waals surface area contributed by atoms with Gasteiger partial charge in [0.05, 0.1) is 5.56 Å². The van der Waals surface area contributed by atoms with E-state index < -0.39 is 5.97 Å². The zero-order valence-corrected chi connectivity index (χ0v) is 11.8. The van der Waals surface area contributed by atoms with Crippen molar-refractivity contribution >= 4 is 22.6 Å². The normalized spacial score (nSPS) is 15.7. The van der Waals surface area contributed by atoms with Gasteiger partial charge in [0.25, 0.3) is 5.91 Å². The fourth-order valence-electron chi connectivity index (χ4n) is 2.71. The third kappa shape index (κ3) is 2.61. The highest BCUT2D eigenvalue weighted by molar-refractivity contribution is 6.14. The summed E-state index contributed by atoms with van der Waals surface area (Å²) in [6, 6.07) is 10.5. The third-order valence-electron chi connectivity index (χ3n) is 4.07. The van der Waals surface area contributed by atoms with Crippen LogP contribution in [0.25, 0.3) is 10.8 Å². The van der Waals surface area contributed by atoms with Gasteiger partial charge in [-0.15, -0.1) is 0 Å². The highest BCUT2D eigenvalue weighted by Crippen LogP contribution is 2.32. The number of carboxylic acid groups (broad SMARTS) is 1. The predicted octanol–water partition coefficient (Wildman–Crippen LogP) is 3.07. The summed E-state index contributed by atoms with van der Waals surface area (Å²) in [5, 5.41) is 13.6. The molecular formula is C17H17NO3. The highest BCUT2D eigenvalue weighted by Gasteiger charge is 2.29. The van der Waals surface area contributed by atoms with Gasteiger partial charge in [0.1, 0.15) is 0 Å². The molecule has 0 saturated heterocycles. The van der Waals surface area contributed by atoms with E-state index in [1.807, 2.05) is 19.1 Å². The van der Waals surface area contributed by atoms with Crippen molar-refractivity contribution in [3.05, 3.63) is 47.5 Å². The molecule has 4 nitrogen and oxygen atoms in total. The fraction of sp³-hybridized carbons (Fsp3) is 0.294. The number of fused-ring (bicyclic) bond motifs is 1. The van der Waals surface area contributed by atoms with E-state index in [1.165, 1.54) is 6.07 Å². The first-order valence-electron chi connectivity index (χ1n) is 7.14. The molecule has 21 heavy (non-hydrogen) atoms. The van der Waals surface area contributed by atoms with Crippen LogP contribution >= 0.6 is 0 Å². The van der Waals surface area contributed by atoms with Crippen molar-refractivity contribution in [2.24, 2.45) is 5.92 Å². The summed E-state index contributed by atoms with van der Waals surface area (Å²) in [6.45, 7) is 2.00. The van der Waals surface area contributed by atoms with Crippen LogP contribution in [0.2, 0.25) is 0 Å². The summed E-state index contributed by atoms with van der Waals surface area (Å²) in [5.41, 5.74) is 0.593. The summed E-state index contributed by atoms with van der Waals surface area (Å²) < 4.78 is 0. The Balaban J connectivity index is 2.04. The Hall–Kier alpha value is -2.36. The van der Waals surface area contributed by atoms with E-state index in [1.54, 1.807) is 18.2 Å². The van der Waals surface area contributed by atoms with Crippen LogP contribution in [0.1, 0.15) is 40.5 Å². The van der Waals surface area contributed by atoms with Gasteiger partial charge in [0.2, 0.25) is 0 Å². The molecule has 3 rings (SSSR count). The van der Waals surface area contributed by atoms with Gasteiger partial charge in [-0.05, 0) is 43.2 Å². The van der Waals surface area contributed by atoms with E-state index >= 15 is 0 Å². The van der Waals surface area contributed by atoms with E-state index in [0.29, 0.717) is 16.9 Å². The summed E-state index contributed by atoms with van der Waals surface area (Å²) >= 11 is 0. The van der Waals surface area contributed by atoms with E-state index in [4.69, 9.17) is 0 Å². The molecule has 2 N–H and O–H groups in total. The summed E-state index contributed by atoms with van der Waals surface area (Å²) in [7, 11) is 0. The minimum Gasteiger partial charge on any atom is -0.478 e. The van der Waals surface area contributed by atoms with Crippen LogP contribution in [0.15, 0.2) is 36.4 Å². The maximum atomic E-state index is 12.5. The topological polar surface area (TPSA) is 66.4 Å². The van der Waals surface area contributed by atoms with Crippen molar-refractivity contribution in [3.63, 3.8) is 0 Å². The zero-order chi connectivity index (χ0) is 15.0. The van der Waals surface area contributed by atoms with Crippen LogP contribution in [0.3, 0.4) is 0 Å². The number of benzene rings is 2. The van der Waals surface area contributed by atoms with E-state index in [-0.39, 0.29) is 17.5 Å². The van der Waals surface area contributed by atoms with Gasteiger partial charge in [-0.25, -0.2) is 4.79 Å². The highest BCUT2D eigenvalue weighted by atomic mass is 16.4. The van der Waals surface area contributed by atoms with Crippen LogP contribution in [-0.4, -0.2) is 23.0 Å². The average Bonchev–Trinajstić information content (AvgIpc) is 3.30. The number of carbonyl (C=O) groups excluding carboxylic acids is 1. The minimum absolute atomic E-state index is 0.129. The van der Waals surface area contributed by atoms with Crippen LogP contribution in [0.5, 0.6) is 0 Å². The molecule has 2 aromatic carbocycles. The number of rotatable bonds is 4. The summed E-state index contributed by atoms with van der Waals surface area (Å²) in [6.07, 6.45) is 2.30. The fourth-order valence-corrected chi connectivity index (χ4v) is 2.71. The predicted molar refractivity (Wildman–Crippen MR) is 80.6 cm³/mol. The first-order valence-corrected chi connectivity index (χ1v) is 7.14. The molecule has 1 aliphatic carbocycles. The molecule has 108 valence electrons. The van der Waals surface area contributed by atoms with Crippen molar-refractivity contribution < 1.29 is 14.7 Å². The second-order valence-corrected chi connectivity index (χ2v) is 5.61. The molecule has 1 aliphatic rings. The first-order chi connectivity index (χ1) is 10.1. The van der Waals surface area contributed by atoms with Gasteiger partial charge in [-0.3, -0.25) is 4.79 Å². The molecule has 1 saturated carbocycles. The molecule has 0 heterocycles. The third-order valence-corrected chi connectivity index (χ3v) is 4.07. The molecule has 1 atom stereocenters. The SMILES string of the molecule is CC(NC(=O)c1cccc2cccc(C(=O)O)c12)C1CC1. The second-order valence-electron chi connectivity index (χ2n) is 5.61. The van der Waals surface area contributed by atoms with Crippen molar-refractivity contribution in [2.75, 3.05) is 0 Å². The first kappa shape index (κ1) is 13.6. The molecule has 0 radical (unpaired) electrons. The molecule has 0 spiro atoms. The minimum atomic E-state index is -1.02. The standard InChI is InChI=1S/C17H17NO3/c1-10(11-8-9-11)18-16(19)13-6-2-4-12-5-3-7-14(15(12)13)17(20)21/h2-7,10-11H,8-9H2,1H3,(H,18,19)(H,20,21). The monoisotopic (exact) mass is 283 g/mol. The van der Waals surface area contributed by atoms with Gasteiger partial charge in [-0.2, -0.15) is 0 Å². The van der Waals surface area contributed by atoms with Crippen LogP contribution in [-0.2, 0) is 0 Å². The van der Waals surface area contributed by atoms with Crippen LogP contribution < -0.4 is 5.32 Å². The molecule has 1 unspecified atom stereocenters. The molecule has 0 aromatic heterocycles. The Morgan fingerprint density at radius 1 is 1.14 bits per heavy atom. The lowest BCUT2D eigenvalue weighted by Crippen LogP contribution is -2.34. The number of nitrogens with one attached hydrogen (secondary N) is 1. The van der Waals surface area contributed by atoms with Crippen LogP contribution in [0, 0.1) is 5.92 Å². The number of aromatic carboxylic acids is 1. The molecular weight excluding hydrogens is 266 g/mol. The zero-order valence-electron chi connectivity index (χ0n) is 11.8. The maximum absolute atomic E-state index is 12.5. The molecule has 1 fully saturated rings. The van der Waals surface area contributed by atoms with Crippen LogP contribution in [0.4, 0.5) is 0 Å². The van der Waals surface area contributed by atoms with Gasteiger partial charge < -0.3 is 10.4 Å². The Morgan fingerprint density at radius 2 is 1.76 bits per heavy atom. The maximum Gasteiger partial charge on any atom is 0.336 e. The van der Waals surface area contributed by atoms with Crippen molar-refractivity contribution in [3.8, 4) is 0 Å². The average molecular weight is 283 g/mol. The largest absolute Gasteiger partial charge is 0.478 e. The molecule has 4 heteroatoms. The van der Waals surface area contributed by atoms with Crippen molar-refractivity contribution in [1.82, 2.24) is 5.32 Å². The lowest BCUT2D eigenvalue weighted by Gasteiger charge is -2.14. The Labute approximate surface area is 122 Å². The number of carboxylic acids is 1. The molecule has 0 bridgehead atoms. The Morgan fingerprint density at radius 3 is 2.33 bits per heavy atom. The number of carbonyl (C=O) groups is 2. The van der Waals surface area contributed by atoms with Crippen molar-refractivity contribution in [2.45, 2.75) is 25.8 Å². The summed E-state index contributed by atoms with van der Waals surface area (Å²) in [4.78, 5) is 23.9. The number of amides is 1. The lowest BCUT2D eigenvalue weighted by atomic mass is 9.98. The van der Waals surface area contributed by atoms with E-state index in [2.05, 4.69) is 5.32 Å². The lowest BCUT2D eigenvalue weighted by molar-refractivity contribution is 0.0699. The van der Waals surface area contributed by atoms with Crippen molar-refractivity contribution in [1.29, 1.82) is 0 Å². The Bertz CT molecular complexity index is 714. The molecule has 1 amide bonds. The molecule has 2 aromatic rings. The van der Waals surface area contributed by atoms with Gasteiger partial charge in [0.15, 0.2) is 0 Å². The number of hydrogen-bond donors (Lipinski definition) is 2. The second kappa shape index (κ2) is 5.20. The number of hydrogen-bond acceptors (Lipinski definition) is 2. The quantitative estimate of drug-likeness (QED) is 0.906. The summed E-state index contributed by atoms with van der Waals surface area (Å²) in [5.74, 6) is -0.660. The van der Waals surface area contributed by atoms with Gasteiger partial charge in [-0.1, -0.05) is 24.3 Å². The Kier molecular flexibility index (Phi) is 3.37. The molecule has 0 aliphatic heterocycles. The van der Waals surface area contributed by atoms with Gasteiger partial charge in [0, 0.05) is 17.0 Å². The van der Waals surface area contributed by atoms with E-state index in [9.17, 15) is 14.7 Å². The smallest absolute Gasteiger partial charge is 0.336 e. The van der Waals surface area contributed by atoms with Gasteiger partial charge >= 0.3 is 5.97 Å².